The summed E-state index contributed by atoms with van der Waals surface area (Å²) in [5, 5.41) is 2.87. The highest BCUT2D eigenvalue weighted by Gasteiger charge is 2.31. The molecule has 0 spiro atoms. The predicted molar refractivity (Wildman–Crippen MR) is 63.2 cm³/mol. The lowest BCUT2D eigenvalue weighted by Crippen LogP contribution is -2.25. The minimum Gasteiger partial charge on any atom is -0.384 e. The molecule has 1 heterocycles. The largest absolute Gasteiger partial charge is 0.416 e. The van der Waals surface area contributed by atoms with E-state index >= 15 is 0 Å². The van der Waals surface area contributed by atoms with Gasteiger partial charge in [-0.15, -0.1) is 0 Å². The molecule has 7 heteroatoms. The summed E-state index contributed by atoms with van der Waals surface area (Å²) in [5.41, 5.74) is 4.55. The lowest BCUT2D eigenvalue weighted by molar-refractivity contribution is -0.137. The van der Waals surface area contributed by atoms with Gasteiger partial charge in [0.25, 0.3) is 0 Å². The van der Waals surface area contributed by atoms with Gasteiger partial charge in [0.15, 0.2) is 0 Å². The van der Waals surface area contributed by atoms with E-state index in [9.17, 15) is 13.2 Å². The fraction of sp³-hybridized carbons (Fsp3) is 0.545. The van der Waals surface area contributed by atoms with Crippen LogP contribution in [-0.2, 0) is 10.9 Å². The molecule has 0 radical (unpaired) electrons. The van der Waals surface area contributed by atoms with Crippen molar-refractivity contribution in [1.29, 1.82) is 0 Å². The smallest absolute Gasteiger partial charge is 0.384 e. The van der Waals surface area contributed by atoms with Crippen molar-refractivity contribution in [2.24, 2.45) is 0 Å². The monoisotopic (exact) mass is 263 g/mol. The van der Waals surface area contributed by atoms with Gasteiger partial charge in [0.2, 0.25) is 0 Å². The summed E-state index contributed by atoms with van der Waals surface area (Å²) in [4.78, 5) is 3.83. The van der Waals surface area contributed by atoms with Crippen LogP contribution in [0.3, 0.4) is 0 Å². The van der Waals surface area contributed by atoms with Crippen molar-refractivity contribution in [3.05, 3.63) is 17.7 Å². The predicted octanol–water partition coefficient (Wildman–Crippen LogP) is 2.52. The number of aromatic nitrogens is 1. The number of rotatable bonds is 5. The first kappa shape index (κ1) is 14.6. The molecule has 0 saturated heterocycles. The van der Waals surface area contributed by atoms with E-state index in [-0.39, 0.29) is 17.7 Å². The maximum atomic E-state index is 12.6. The number of hydrogen-bond acceptors (Lipinski definition) is 4. The third kappa shape index (κ3) is 4.06. The number of pyridine rings is 1. The second-order valence-corrected chi connectivity index (χ2v) is 3.87. The van der Waals surface area contributed by atoms with Crippen LogP contribution in [0.15, 0.2) is 12.1 Å². The minimum atomic E-state index is -4.43. The van der Waals surface area contributed by atoms with Gasteiger partial charge in [-0.25, -0.2) is 4.98 Å². The van der Waals surface area contributed by atoms with Crippen molar-refractivity contribution in [2.45, 2.75) is 25.6 Å². The molecule has 1 aromatic heterocycles. The maximum Gasteiger partial charge on any atom is 0.416 e. The van der Waals surface area contributed by atoms with Gasteiger partial charge in [-0.1, -0.05) is 6.92 Å². The average Bonchev–Trinajstić information content (AvgIpc) is 2.26. The van der Waals surface area contributed by atoms with Crippen molar-refractivity contribution in [3.8, 4) is 0 Å². The molecule has 0 aromatic carbocycles. The van der Waals surface area contributed by atoms with Crippen molar-refractivity contribution < 1.29 is 17.9 Å². The molecule has 1 rings (SSSR count). The van der Waals surface area contributed by atoms with Crippen LogP contribution in [0, 0.1) is 0 Å². The summed E-state index contributed by atoms with van der Waals surface area (Å²) in [6, 6.07) is 1.64. The quantitative estimate of drug-likeness (QED) is 0.857. The standard InChI is InChI=1S/C11H16F3N3O/c1-3-8(6-18-2)16-10-5-7(11(12,13)14)4-9(15)17-10/h4-5,8H,3,6H2,1-2H3,(H3,15,16,17). The van der Waals surface area contributed by atoms with Crippen LogP contribution in [0.2, 0.25) is 0 Å². The molecule has 3 N–H and O–H groups in total. The Labute approximate surface area is 103 Å². The topological polar surface area (TPSA) is 60.2 Å². The van der Waals surface area contributed by atoms with Crippen molar-refractivity contribution >= 4 is 11.6 Å². The molecule has 0 bridgehead atoms. The van der Waals surface area contributed by atoms with Crippen molar-refractivity contribution in [1.82, 2.24) is 4.98 Å². The van der Waals surface area contributed by atoms with Crippen LogP contribution in [0.4, 0.5) is 24.8 Å². The highest BCUT2D eigenvalue weighted by molar-refractivity contribution is 5.47. The second kappa shape index (κ2) is 5.90. The first-order valence-corrected chi connectivity index (χ1v) is 5.47. The van der Waals surface area contributed by atoms with E-state index in [1.54, 1.807) is 0 Å². The lowest BCUT2D eigenvalue weighted by atomic mass is 10.2. The molecule has 1 unspecified atom stereocenters. The van der Waals surface area contributed by atoms with Crippen LogP contribution in [0.5, 0.6) is 0 Å². The molecule has 4 nitrogen and oxygen atoms in total. The zero-order chi connectivity index (χ0) is 13.8. The summed E-state index contributed by atoms with van der Waals surface area (Å²) in [6.45, 7) is 2.28. The summed E-state index contributed by atoms with van der Waals surface area (Å²) in [6.07, 6.45) is -3.73. The molecule has 0 saturated carbocycles. The molecule has 0 aliphatic carbocycles. The van der Waals surface area contributed by atoms with E-state index in [1.165, 1.54) is 7.11 Å². The van der Waals surface area contributed by atoms with Crippen LogP contribution >= 0.6 is 0 Å². The first-order chi connectivity index (χ1) is 8.36. The number of halogens is 3. The Kier molecular flexibility index (Phi) is 4.77. The van der Waals surface area contributed by atoms with Crippen LogP contribution in [0.25, 0.3) is 0 Å². The number of methoxy groups -OCH3 is 1. The average molecular weight is 263 g/mol. The Morgan fingerprint density at radius 2 is 2.11 bits per heavy atom. The molecule has 1 atom stereocenters. The molecule has 0 fully saturated rings. The van der Waals surface area contributed by atoms with Gasteiger partial charge in [0, 0.05) is 7.11 Å². The van der Waals surface area contributed by atoms with E-state index in [0.29, 0.717) is 13.0 Å². The van der Waals surface area contributed by atoms with Gasteiger partial charge >= 0.3 is 6.18 Å². The van der Waals surface area contributed by atoms with Gasteiger partial charge in [-0.05, 0) is 18.6 Å². The molecule has 0 amide bonds. The highest BCUT2D eigenvalue weighted by Crippen LogP contribution is 2.31. The van der Waals surface area contributed by atoms with Gasteiger partial charge in [-0.2, -0.15) is 13.2 Å². The number of ether oxygens (including phenoxy) is 1. The Morgan fingerprint density at radius 3 is 2.61 bits per heavy atom. The van der Waals surface area contributed by atoms with E-state index in [4.69, 9.17) is 10.5 Å². The van der Waals surface area contributed by atoms with E-state index in [0.717, 1.165) is 12.1 Å². The molecular weight excluding hydrogens is 247 g/mol. The fourth-order valence-corrected chi connectivity index (χ4v) is 1.46. The summed E-state index contributed by atoms with van der Waals surface area (Å²) < 4.78 is 42.7. The lowest BCUT2D eigenvalue weighted by Gasteiger charge is -2.18. The SMILES string of the molecule is CCC(COC)Nc1cc(C(F)(F)F)cc(N)n1. The normalized spacial score (nSPS) is 13.4. The van der Waals surface area contributed by atoms with Crippen LogP contribution < -0.4 is 11.1 Å². The Balaban J connectivity index is 2.92. The zero-order valence-corrected chi connectivity index (χ0v) is 10.2. The number of nitrogen functional groups attached to an aromatic ring is 1. The molecule has 102 valence electrons. The summed E-state index contributed by atoms with van der Waals surface area (Å²) in [7, 11) is 1.53. The third-order valence-corrected chi connectivity index (χ3v) is 2.39. The number of alkyl halides is 3. The van der Waals surface area contributed by atoms with Crippen LogP contribution in [-0.4, -0.2) is 24.7 Å². The molecule has 18 heavy (non-hydrogen) atoms. The molecule has 0 aliphatic rings. The number of nitrogens with two attached hydrogens (primary N) is 1. The van der Waals surface area contributed by atoms with Gasteiger partial charge in [0.05, 0.1) is 18.2 Å². The van der Waals surface area contributed by atoms with E-state index in [2.05, 4.69) is 10.3 Å². The Bertz CT molecular complexity index is 396. The van der Waals surface area contributed by atoms with Gasteiger partial charge in [0.1, 0.15) is 11.6 Å². The Hall–Kier alpha value is -1.50. The second-order valence-electron chi connectivity index (χ2n) is 3.87. The number of hydrogen-bond donors (Lipinski definition) is 2. The zero-order valence-electron chi connectivity index (χ0n) is 10.2. The van der Waals surface area contributed by atoms with Crippen molar-refractivity contribution in [2.75, 3.05) is 24.8 Å². The fourth-order valence-electron chi connectivity index (χ4n) is 1.46. The van der Waals surface area contributed by atoms with Crippen molar-refractivity contribution in [3.63, 3.8) is 0 Å². The van der Waals surface area contributed by atoms with Crippen LogP contribution in [0.1, 0.15) is 18.9 Å². The first-order valence-electron chi connectivity index (χ1n) is 5.47. The number of nitrogens with one attached hydrogen (secondary N) is 1. The number of anilines is 2. The number of nitrogens with zero attached hydrogens (tertiary/aromatic N) is 1. The van der Waals surface area contributed by atoms with Gasteiger partial charge < -0.3 is 15.8 Å². The summed E-state index contributed by atoms with van der Waals surface area (Å²) in [5.74, 6) is -0.0641. The van der Waals surface area contributed by atoms with E-state index < -0.39 is 11.7 Å². The third-order valence-electron chi connectivity index (χ3n) is 2.39. The van der Waals surface area contributed by atoms with E-state index in [1.807, 2.05) is 6.92 Å². The maximum absolute atomic E-state index is 12.6. The molecule has 0 aliphatic heterocycles. The molecule has 1 aromatic rings. The Morgan fingerprint density at radius 1 is 1.44 bits per heavy atom. The van der Waals surface area contributed by atoms with Gasteiger partial charge in [-0.3, -0.25) is 0 Å². The molecular formula is C11H16F3N3O. The minimum absolute atomic E-state index is 0.103. The highest BCUT2D eigenvalue weighted by atomic mass is 19.4. The summed E-state index contributed by atoms with van der Waals surface area (Å²) >= 11 is 0.